The van der Waals surface area contributed by atoms with Crippen molar-refractivity contribution in [1.29, 1.82) is 0 Å². The van der Waals surface area contributed by atoms with Crippen molar-refractivity contribution in [3.63, 3.8) is 0 Å². The number of alkyl halides is 1. The molecule has 0 aliphatic carbocycles. The first-order chi connectivity index (χ1) is 13.2. The van der Waals surface area contributed by atoms with Crippen LogP contribution in [0, 0.1) is 19.3 Å². The molecule has 2 heterocycles. The van der Waals surface area contributed by atoms with E-state index in [2.05, 4.69) is 21.2 Å². The van der Waals surface area contributed by atoms with E-state index in [0.717, 1.165) is 16.8 Å². The van der Waals surface area contributed by atoms with Crippen LogP contribution in [0.5, 0.6) is 0 Å². The van der Waals surface area contributed by atoms with E-state index in [1.807, 2.05) is 23.5 Å². The number of benzene rings is 1. The van der Waals surface area contributed by atoms with Gasteiger partial charge in [0.05, 0.1) is 11.9 Å². The molecular formula is C21H22FN5O. The molecule has 0 aliphatic heterocycles. The first kappa shape index (κ1) is 19.4. The zero-order valence-electron chi connectivity index (χ0n) is 16.1. The number of nitrogens with two attached hydrogens (primary N) is 1. The van der Waals surface area contributed by atoms with Gasteiger partial charge in [-0.15, -0.1) is 6.42 Å². The average Bonchev–Trinajstić information content (AvgIpc) is 3.04. The molecule has 7 heteroatoms. The fourth-order valence-corrected chi connectivity index (χ4v) is 2.97. The summed E-state index contributed by atoms with van der Waals surface area (Å²) in [5.74, 6) is 2.56. The third kappa shape index (κ3) is 3.96. The normalized spacial score (nSPS) is 11.4. The largest absolute Gasteiger partial charge is 0.367 e. The van der Waals surface area contributed by atoms with Gasteiger partial charge in [0.25, 0.3) is 0 Å². The van der Waals surface area contributed by atoms with E-state index < -0.39 is 11.6 Å². The monoisotopic (exact) mass is 379 g/mol. The number of terminal acetylenes is 1. The van der Waals surface area contributed by atoms with Crippen molar-refractivity contribution in [2.24, 2.45) is 5.73 Å². The molecule has 0 unspecified atom stereocenters. The Hall–Kier alpha value is -3.40. The third-order valence-electron chi connectivity index (χ3n) is 4.44. The van der Waals surface area contributed by atoms with E-state index in [1.54, 1.807) is 18.5 Å². The summed E-state index contributed by atoms with van der Waals surface area (Å²) >= 11 is 0. The second-order valence-corrected chi connectivity index (χ2v) is 7.25. The number of halogens is 1. The van der Waals surface area contributed by atoms with E-state index in [9.17, 15) is 9.18 Å². The Morgan fingerprint density at radius 2 is 2.18 bits per heavy atom. The first-order valence-electron chi connectivity index (χ1n) is 8.88. The van der Waals surface area contributed by atoms with Crippen LogP contribution in [0.15, 0.2) is 30.6 Å². The Balaban J connectivity index is 2.04. The molecule has 0 atom stereocenters. The predicted octanol–water partition coefficient (Wildman–Crippen LogP) is 3.34. The highest BCUT2D eigenvalue weighted by Gasteiger charge is 2.17. The fourth-order valence-electron chi connectivity index (χ4n) is 2.97. The van der Waals surface area contributed by atoms with Crippen molar-refractivity contribution in [2.45, 2.75) is 32.9 Å². The Bertz CT molecular complexity index is 1090. The predicted molar refractivity (Wildman–Crippen MR) is 108 cm³/mol. The van der Waals surface area contributed by atoms with Crippen LogP contribution < -0.4 is 11.1 Å². The molecule has 0 aliphatic rings. The van der Waals surface area contributed by atoms with Crippen molar-refractivity contribution in [3.05, 3.63) is 47.4 Å². The van der Waals surface area contributed by atoms with Crippen LogP contribution in [-0.2, 0) is 0 Å². The fraction of sp³-hybridized carbons (Fsp3) is 0.286. The summed E-state index contributed by atoms with van der Waals surface area (Å²) in [6.07, 6.45) is 9.31. The van der Waals surface area contributed by atoms with Gasteiger partial charge in [0.15, 0.2) is 11.5 Å². The highest BCUT2D eigenvalue weighted by atomic mass is 19.1. The molecule has 3 rings (SSSR count). The van der Waals surface area contributed by atoms with Gasteiger partial charge in [0.2, 0.25) is 5.91 Å². The topological polar surface area (TPSA) is 85.3 Å². The molecule has 0 saturated heterocycles. The van der Waals surface area contributed by atoms with E-state index >= 15 is 0 Å². The van der Waals surface area contributed by atoms with E-state index in [4.69, 9.17) is 12.2 Å². The van der Waals surface area contributed by atoms with Crippen molar-refractivity contribution in [2.75, 3.05) is 11.9 Å². The number of fused-ring (bicyclic) bond motifs is 1. The number of primary amides is 1. The molecular weight excluding hydrogens is 357 g/mol. The Morgan fingerprint density at radius 3 is 2.79 bits per heavy atom. The molecule has 3 aromatic rings. The maximum atomic E-state index is 13.8. The van der Waals surface area contributed by atoms with Crippen LogP contribution in [0.2, 0.25) is 0 Å². The van der Waals surface area contributed by atoms with Gasteiger partial charge in [0.1, 0.15) is 11.4 Å². The minimum atomic E-state index is -1.28. The molecule has 0 radical (unpaired) electrons. The molecule has 2 aromatic heterocycles. The van der Waals surface area contributed by atoms with Gasteiger partial charge in [-0.3, -0.25) is 9.20 Å². The summed E-state index contributed by atoms with van der Waals surface area (Å²) in [5.41, 5.74) is 8.02. The second-order valence-electron chi connectivity index (χ2n) is 7.25. The van der Waals surface area contributed by atoms with Gasteiger partial charge >= 0.3 is 0 Å². The number of carbonyl (C=O) groups excluding carboxylic acids is 1. The minimum absolute atomic E-state index is 0.322. The standard InChI is InChI=1S/C21H22FN5O/c1-5-15-12-27-17(14-6-7-16(18(23)28)13(2)10-14)11-25-20(27)19(26-15)24-9-8-21(3,4)22/h1,6-7,10-12H,8-9H2,2-4H3,(H2,23,28)(H,24,26). The number of nitrogens with one attached hydrogen (secondary N) is 1. The number of anilines is 1. The lowest BCUT2D eigenvalue weighted by atomic mass is 10.0. The molecule has 28 heavy (non-hydrogen) atoms. The molecule has 0 fully saturated rings. The van der Waals surface area contributed by atoms with E-state index in [-0.39, 0.29) is 0 Å². The van der Waals surface area contributed by atoms with Crippen molar-refractivity contribution < 1.29 is 9.18 Å². The van der Waals surface area contributed by atoms with Crippen LogP contribution in [0.1, 0.15) is 41.9 Å². The lowest BCUT2D eigenvalue weighted by Crippen LogP contribution is -2.18. The number of aromatic nitrogens is 3. The van der Waals surface area contributed by atoms with Gasteiger partial charge < -0.3 is 11.1 Å². The highest BCUT2D eigenvalue weighted by molar-refractivity contribution is 5.94. The van der Waals surface area contributed by atoms with Gasteiger partial charge in [-0.2, -0.15) is 0 Å². The van der Waals surface area contributed by atoms with Crippen molar-refractivity contribution in [3.8, 4) is 23.6 Å². The molecule has 0 spiro atoms. The molecule has 0 saturated carbocycles. The molecule has 144 valence electrons. The summed E-state index contributed by atoms with van der Waals surface area (Å²) in [6.45, 7) is 5.28. The van der Waals surface area contributed by atoms with Crippen LogP contribution in [-0.4, -0.2) is 32.5 Å². The lowest BCUT2D eigenvalue weighted by Gasteiger charge is -2.15. The van der Waals surface area contributed by atoms with E-state index in [0.29, 0.717) is 35.7 Å². The van der Waals surface area contributed by atoms with Crippen molar-refractivity contribution >= 4 is 17.4 Å². The summed E-state index contributed by atoms with van der Waals surface area (Å²) in [7, 11) is 0. The summed E-state index contributed by atoms with van der Waals surface area (Å²) in [4.78, 5) is 20.3. The maximum absolute atomic E-state index is 13.8. The second kappa shape index (κ2) is 7.31. The average molecular weight is 379 g/mol. The zero-order valence-corrected chi connectivity index (χ0v) is 16.1. The first-order valence-corrected chi connectivity index (χ1v) is 8.88. The van der Waals surface area contributed by atoms with Gasteiger partial charge in [-0.1, -0.05) is 6.07 Å². The molecule has 3 N–H and O–H groups in total. The van der Waals surface area contributed by atoms with Gasteiger partial charge in [0, 0.05) is 23.9 Å². The smallest absolute Gasteiger partial charge is 0.248 e. The number of rotatable bonds is 6. The summed E-state index contributed by atoms with van der Waals surface area (Å²) in [5, 5.41) is 3.13. The number of nitrogens with zero attached hydrogens (tertiary/aromatic N) is 3. The number of hydrogen-bond donors (Lipinski definition) is 2. The number of aryl methyl sites for hydroxylation is 1. The van der Waals surface area contributed by atoms with E-state index in [1.165, 1.54) is 13.8 Å². The Morgan fingerprint density at radius 1 is 1.43 bits per heavy atom. The summed E-state index contributed by atoms with van der Waals surface area (Å²) in [6, 6.07) is 5.38. The molecule has 1 amide bonds. The van der Waals surface area contributed by atoms with Gasteiger partial charge in [-0.05, 0) is 50.8 Å². The molecule has 1 aromatic carbocycles. The zero-order chi connectivity index (χ0) is 20.5. The number of hydrogen-bond acceptors (Lipinski definition) is 4. The van der Waals surface area contributed by atoms with Crippen LogP contribution in [0.3, 0.4) is 0 Å². The minimum Gasteiger partial charge on any atom is -0.367 e. The Kier molecular flexibility index (Phi) is 5.06. The number of carbonyl (C=O) groups is 1. The maximum Gasteiger partial charge on any atom is 0.248 e. The molecule has 0 bridgehead atoms. The lowest BCUT2D eigenvalue weighted by molar-refractivity contribution is 0.0999. The number of imidazole rings is 1. The van der Waals surface area contributed by atoms with Crippen LogP contribution >= 0.6 is 0 Å². The quantitative estimate of drug-likeness (QED) is 0.643. The SMILES string of the molecule is C#Cc1cn2c(-c3ccc(C(N)=O)c(C)c3)cnc2c(NCCC(C)(C)F)n1. The van der Waals surface area contributed by atoms with Crippen LogP contribution in [0.25, 0.3) is 16.9 Å². The number of amides is 1. The van der Waals surface area contributed by atoms with Crippen molar-refractivity contribution in [1.82, 2.24) is 14.4 Å². The summed E-state index contributed by atoms with van der Waals surface area (Å²) < 4.78 is 15.6. The third-order valence-corrected chi connectivity index (χ3v) is 4.44. The van der Waals surface area contributed by atoms with Gasteiger partial charge in [-0.25, -0.2) is 14.4 Å². The van der Waals surface area contributed by atoms with Crippen LogP contribution in [0.4, 0.5) is 10.2 Å². The highest BCUT2D eigenvalue weighted by Crippen LogP contribution is 2.26. The Labute approximate surface area is 163 Å². The molecule has 6 nitrogen and oxygen atoms in total.